The SMILES string of the molecule is COC1CC[C@@]2(C)C(CC[C@H]3[C@@H]4CC[C@H](C(C)=O)[C@@]4(C)CC[C@@H]32)C1. The van der Waals surface area contributed by atoms with E-state index in [0.717, 1.165) is 30.1 Å². The highest BCUT2D eigenvalue weighted by Crippen LogP contribution is 2.67. The van der Waals surface area contributed by atoms with Gasteiger partial charge in [0, 0.05) is 13.0 Å². The quantitative estimate of drug-likeness (QED) is 0.690. The molecule has 0 bridgehead atoms. The van der Waals surface area contributed by atoms with E-state index < -0.39 is 0 Å². The van der Waals surface area contributed by atoms with Crippen LogP contribution in [0, 0.1) is 40.4 Å². The number of carbonyl (C=O) groups excluding carboxylic acids is 1. The van der Waals surface area contributed by atoms with Crippen molar-refractivity contribution < 1.29 is 9.53 Å². The summed E-state index contributed by atoms with van der Waals surface area (Å²) >= 11 is 0. The van der Waals surface area contributed by atoms with Gasteiger partial charge in [-0.3, -0.25) is 4.79 Å². The Morgan fingerprint density at radius 1 is 0.917 bits per heavy atom. The Kier molecular flexibility index (Phi) is 4.14. The Morgan fingerprint density at radius 2 is 1.62 bits per heavy atom. The lowest BCUT2D eigenvalue weighted by Crippen LogP contribution is -2.54. The van der Waals surface area contributed by atoms with E-state index in [0.29, 0.717) is 28.6 Å². The van der Waals surface area contributed by atoms with E-state index >= 15 is 0 Å². The molecule has 0 saturated heterocycles. The third-order valence-electron chi connectivity index (χ3n) is 9.44. The van der Waals surface area contributed by atoms with Gasteiger partial charge in [0.25, 0.3) is 0 Å². The van der Waals surface area contributed by atoms with Crippen LogP contribution in [0.25, 0.3) is 0 Å². The third-order valence-corrected chi connectivity index (χ3v) is 9.44. The number of ether oxygens (including phenoxy) is 1. The third kappa shape index (κ3) is 2.27. The first kappa shape index (κ1) is 17.1. The summed E-state index contributed by atoms with van der Waals surface area (Å²) in [4.78, 5) is 12.2. The molecule has 2 unspecified atom stereocenters. The molecule has 2 heteroatoms. The van der Waals surface area contributed by atoms with E-state index in [9.17, 15) is 4.79 Å². The minimum atomic E-state index is 0.305. The van der Waals surface area contributed by atoms with E-state index in [1.807, 2.05) is 14.0 Å². The van der Waals surface area contributed by atoms with Crippen LogP contribution < -0.4 is 0 Å². The molecule has 8 atom stereocenters. The molecule has 4 aliphatic rings. The zero-order chi connectivity index (χ0) is 17.1. The molecular weight excluding hydrogens is 296 g/mol. The van der Waals surface area contributed by atoms with Gasteiger partial charge in [-0.25, -0.2) is 0 Å². The van der Waals surface area contributed by atoms with Crippen LogP contribution >= 0.6 is 0 Å². The van der Waals surface area contributed by atoms with Gasteiger partial charge in [0.1, 0.15) is 5.78 Å². The number of Topliss-reactive ketones (excluding diaryl/α,β-unsaturated/α-hetero) is 1. The first-order valence-corrected chi connectivity index (χ1v) is 10.4. The fraction of sp³-hybridized carbons (Fsp3) is 0.955. The van der Waals surface area contributed by atoms with Gasteiger partial charge >= 0.3 is 0 Å². The molecule has 0 aromatic carbocycles. The van der Waals surface area contributed by atoms with Gasteiger partial charge in [0.15, 0.2) is 0 Å². The van der Waals surface area contributed by atoms with Crippen LogP contribution in [0.15, 0.2) is 0 Å². The fourth-order valence-electron chi connectivity index (χ4n) is 8.10. The van der Waals surface area contributed by atoms with Gasteiger partial charge in [0.05, 0.1) is 6.10 Å². The summed E-state index contributed by atoms with van der Waals surface area (Å²) in [6.07, 6.45) is 12.3. The van der Waals surface area contributed by atoms with Crippen LogP contribution in [0.3, 0.4) is 0 Å². The van der Waals surface area contributed by atoms with Crippen molar-refractivity contribution in [3.05, 3.63) is 0 Å². The van der Waals surface area contributed by atoms with Crippen molar-refractivity contribution in [2.45, 2.75) is 84.7 Å². The summed E-state index contributed by atoms with van der Waals surface area (Å²) in [5.41, 5.74) is 0.841. The van der Waals surface area contributed by atoms with Crippen molar-refractivity contribution in [1.29, 1.82) is 0 Å². The van der Waals surface area contributed by atoms with Crippen LogP contribution in [0.2, 0.25) is 0 Å². The van der Waals surface area contributed by atoms with Crippen molar-refractivity contribution >= 4 is 5.78 Å². The molecule has 4 fully saturated rings. The maximum atomic E-state index is 12.2. The minimum absolute atomic E-state index is 0.305. The number of ketones is 1. The summed E-state index contributed by atoms with van der Waals surface area (Å²) in [7, 11) is 1.89. The number of rotatable bonds is 2. The van der Waals surface area contributed by atoms with Crippen LogP contribution in [-0.2, 0) is 9.53 Å². The molecule has 4 saturated carbocycles. The number of hydrogen-bond donors (Lipinski definition) is 0. The molecule has 0 aliphatic heterocycles. The monoisotopic (exact) mass is 332 g/mol. The second-order valence-corrected chi connectivity index (χ2v) is 10.1. The molecular formula is C22H36O2. The number of hydrogen-bond acceptors (Lipinski definition) is 2. The summed E-state index contributed by atoms with van der Waals surface area (Å²) in [5.74, 6) is 4.26. The van der Waals surface area contributed by atoms with Crippen LogP contribution in [0.4, 0.5) is 0 Å². The molecule has 136 valence electrons. The Labute approximate surface area is 148 Å². The van der Waals surface area contributed by atoms with Crippen molar-refractivity contribution in [2.75, 3.05) is 7.11 Å². The lowest BCUT2D eigenvalue weighted by atomic mass is 9.44. The first-order chi connectivity index (χ1) is 11.4. The maximum absolute atomic E-state index is 12.2. The number of carbonyl (C=O) groups is 1. The number of methoxy groups -OCH3 is 1. The highest BCUT2D eigenvalue weighted by atomic mass is 16.5. The van der Waals surface area contributed by atoms with Crippen LogP contribution in [0.5, 0.6) is 0 Å². The molecule has 4 rings (SSSR count). The van der Waals surface area contributed by atoms with Gasteiger partial charge < -0.3 is 4.74 Å². The second-order valence-electron chi connectivity index (χ2n) is 10.1. The maximum Gasteiger partial charge on any atom is 0.133 e. The molecule has 0 heterocycles. The molecule has 2 nitrogen and oxygen atoms in total. The minimum Gasteiger partial charge on any atom is -0.381 e. The van der Waals surface area contributed by atoms with E-state index in [-0.39, 0.29) is 0 Å². The Morgan fingerprint density at radius 3 is 2.33 bits per heavy atom. The molecule has 0 aromatic rings. The molecule has 4 aliphatic carbocycles. The lowest BCUT2D eigenvalue weighted by molar-refractivity contribution is -0.140. The highest BCUT2D eigenvalue weighted by molar-refractivity contribution is 5.79. The van der Waals surface area contributed by atoms with Gasteiger partial charge in [-0.2, -0.15) is 0 Å². The Hall–Kier alpha value is -0.370. The lowest BCUT2D eigenvalue weighted by Gasteiger charge is -2.61. The normalized spacial score (nSPS) is 53.8. The second kappa shape index (κ2) is 5.83. The zero-order valence-electron chi connectivity index (χ0n) is 16.1. The van der Waals surface area contributed by atoms with Gasteiger partial charge in [0.2, 0.25) is 0 Å². The summed E-state index contributed by atoms with van der Waals surface area (Å²) in [6, 6.07) is 0. The summed E-state index contributed by atoms with van der Waals surface area (Å²) in [5, 5.41) is 0. The molecule has 0 amide bonds. The first-order valence-electron chi connectivity index (χ1n) is 10.4. The van der Waals surface area contributed by atoms with E-state index in [1.54, 1.807) is 0 Å². The average Bonchev–Trinajstić information content (AvgIpc) is 2.91. The van der Waals surface area contributed by atoms with E-state index in [2.05, 4.69) is 13.8 Å². The topological polar surface area (TPSA) is 26.3 Å². The molecule has 24 heavy (non-hydrogen) atoms. The Bertz CT molecular complexity index is 514. The van der Waals surface area contributed by atoms with Gasteiger partial charge in [-0.15, -0.1) is 0 Å². The standard InChI is InChI=1S/C22H36O2/c1-14(23)18-7-8-19-17-6-5-15-13-16(24-4)9-11-21(15,2)20(17)10-12-22(18,19)3/h15-20H,5-13H2,1-4H3/t15?,16?,17-,18+,19-,20-,21-,22+/m0/s1. The highest BCUT2D eigenvalue weighted by Gasteiger charge is 2.60. The van der Waals surface area contributed by atoms with Crippen LogP contribution in [0.1, 0.15) is 78.6 Å². The van der Waals surface area contributed by atoms with Crippen molar-refractivity contribution in [1.82, 2.24) is 0 Å². The fourth-order valence-corrected chi connectivity index (χ4v) is 8.10. The molecule has 0 spiro atoms. The number of fused-ring (bicyclic) bond motifs is 5. The Balaban J connectivity index is 1.59. The predicted molar refractivity (Wildman–Crippen MR) is 96.7 cm³/mol. The molecule has 0 N–H and O–H groups in total. The van der Waals surface area contributed by atoms with Crippen molar-refractivity contribution in [3.8, 4) is 0 Å². The average molecular weight is 333 g/mol. The summed E-state index contributed by atoms with van der Waals surface area (Å²) < 4.78 is 5.71. The summed E-state index contributed by atoms with van der Waals surface area (Å²) in [6.45, 7) is 6.91. The largest absolute Gasteiger partial charge is 0.381 e. The van der Waals surface area contributed by atoms with Crippen LogP contribution in [-0.4, -0.2) is 19.0 Å². The van der Waals surface area contributed by atoms with Gasteiger partial charge in [-0.05, 0) is 99.2 Å². The molecule has 0 radical (unpaired) electrons. The van der Waals surface area contributed by atoms with E-state index in [4.69, 9.17) is 4.74 Å². The zero-order valence-corrected chi connectivity index (χ0v) is 16.1. The van der Waals surface area contributed by atoms with Crippen molar-refractivity contribution in [2.24, 2.45) is 40.4 Å². The van der Waals surface area contributed by atoms with Crippen molar-refractivity contribution in [3.63, 3.8) is 0 Å². The van der Waals surface area contributed by atoms with Gasteiger partial charge in [-0.1, -0.05) is 13.8 Å². The van der Waals surface area contributed by atoms with E-state index in [1.165, 1.54) is 51.4 Å². The smallest absolute Gasteiger partial charge is 0.133 e. The predicted octanol–water partition coefficient (Wildman–Crippen LogP) is 5.25. The molecule has 0 aromatic heterocycles.